The number of halogens is 4. The Bertz CT molecular complexity index is 694. The maximum absolute atomic E-state index is 12.9. The summed E-state index contributed by atoms with van der Waals surface area (Å²) in [5.41, 5.74) is 0.420. The van der Waals surface area contributed by atoms with Gasteiger partial charge in [0.25, 0.3) is 0 Å². The molecule has 0 saturated heterocycles. The van der Waals surface area contributed by atoms with Crippen LogP contribution < -0.4 is 5.32 Å². The van der Waals surface area contributed by atoms with Gasteiger partial charge in [-0.05, 0) is 42.8 Å². The number of nitrogens with zero attached hydrogens (tertiary/aromatic N) is 1. The third-order valence-electron chi connectivity index (χ3n) is 3.35. The maximum Gasteiger partial charge on any atom is 0.416 e. The Morgan fingerprint density at radius 1 is 1.12 bits per heavy atom. The van der Waals surface area contributed by atoms with Crippen LogP contribution in [0.5, 0.6) is 0 Å². The molecule has 0 saturated carbocycles. The number of hydrogen-bond acceptors (Lipinski definition) is 1. The Kier molecular flexibility index (Phi) is 6.26. The fourth-order valence-electron chi connectivity index (χ4n) is 2.06. The number of anilines is 1. The van der Waals surface area contributed by atoms with Crippen molar-refractivity contribution in [3.8, 4) is 0 Å². The molecule has 2 rings (SSSR count). The van der Waals surface area contributed by atoms with E-state index >= 15 is 0 Å². The van der Waals surface area contributed by atoms with Crippen LogP contribution in [0.15, 0.2) is 53.5 Å². The third kappa shape index (κ3) is 5.27. The van der Waals surface area contributed by atoms with Crippen LogP contribution in [0, 0.1) is 0 Å². The van der Waals surface area contributed by atoms with Crippen molar-refractivity contribution in [3.05, 3.63) is 64.7 Å². The van der Waals surface area contributed by atoms with Crippen LogP contribution in [0.2, 0.25) is 5.02 Å². The van der Waals surface area contributed by atoms with Crippen molar-refractivity contribution in [2.75, 3.05) is 11.9 Å². The summed E-state index contributed by atoms with van der Waals surface area (Å²) < 4.78 is 38.8. The Morgan fingerprint density at radius 2 is 1.83 bits per heavy atom. The molecule has 0 unspecified atom stereocenters. The second kappa shape index (κ2) is 8.20. The second-order valence-corrected chi connectivity index (χ2v) is 5.73. The highest BCUT2D eigenvalue weighted by atomic mass is 35.5. The lowest BCUT2D eigenvalue weighted by molar-refractivity contribution is -0.137. The number of nitrogens with one attached hydrogen (secondary N) is 1. The molecule has 0 heterocycles. The van der Waals surface area contributed by atoms with Gasteiger partial charge in [-0.15, -0.1) is 0 Å². The molecule has 2 nitrogen and oxygen atoms in total. The van der Waals surface area contributed by atoms with Gasteiger partial charge in [-0.1, -0.05) is 37.1 Å². The lowest BCUT2D eigenvalue weighted by atomic mass is 10.1. The lowest BCUT2D eigenvalue weighted by Gasteiger charge is -2.13. The molecule has 0 radical (unpaired) electrons. The number of aliphatic imine (C=N–C) groups is 1. The van der Waals surface area contributed by atoms with Crippen LogP contribution in [0.1, 0.15) is 30.9 Å². The quantitative estimate of drug-likeness (QED) is 0.396. The van der Waals surface area contributed by atoms with Crippen molar-refractivity contribution in [1.29, 1.82) is 0 Å². The first-order valence-corrected chi connectivity index (χ1v) is 8.02. The van der Waals surface area contributed by atoms with E-state index in [0.717, 1.165) is 25.0 Å². The molecule has 0 spiro atoms. The molecule has 0 atom stereocenters. The van der Waals surface area contributed by atoms with Gasteiger partial charge in [0, 0.05) is 22.8 Å². The van der Waals surface area contributed by atoms with E-state index in [1.807, 2.05) is 6.92 Å². The Morgan fingerprint density at radius 3 is 2.46 bits per heavy atom. The van der Waals surface area contributed by atoms with E-state index in [2.05, 4.69) is 10.3 Å². The summed E-state index contributed by atoms with van der Waals surface area (Å²) in [6.45, 7) is 2.58. The average molecular weight is 355 g/mol. The average Bonchev–Trinajstić information content (AvgIpc) is 2.55. The second-order valence-electron chi connectivity index (χ2n) is 5.29. The summed E-state index contributed by atoms with van der Waals surface area (Å²) in [5, 5.41) is 3.67. The van der Waals surface area contributed by atoms with Gasteiger partial charge >= 0.3 is 6.18 Å². The highest BCUT2D eigenvalue weighted by Crippen LogP contribution is 2.29. The first-order chi connectivity index (χ1) is 11.4. The summed E-state index contributed by atoms with van der Waals surface area (Å²) in [7, 11) is 0. The van der Waals surface area contributed by atoms with Gasteiger partial charge in [-0.2, -0.15) is 13.2 Å². The van der Waals surface area contributed by atoms with Crippen molar-refractivity contribution in [2.45, 2.75) is 25.9 Å². The van der Waals surface area contributed by atoms with E-state index in [1.165, 1.54) is 6.07 Å². The van der Waals surface area contributed by atoms with Crippen molar-refractivity contribution in [2.24, 2.45) is 4.99 Å². The van der Waals surface area contributed by atoms with E-state index in [9.17, 15) is 13.2 Å². The predicted octanol–water partition coefficient (Wildman–Crippen LogP) is 6.02. The number of unbranched alkanes of at least 4 members (excludes halogenated alkanes) is 1. The Hall–Kier alpha value is -2.01. The van der Waals surface area contributed by atoms with Gasteiger partial charge in [0.2, 0.25) is 0 Å². The minimum atomic E-state index is -4.38. The van der Waals surface area contributed by atoms with Crippen molar-refractivity contribution >= 4 is 23.1 Å². The largest absolute Gasteiger partial charge is 0.416 e. The van der Waals surface area contributed by atoms with E-state index in [4.69, 9.17) is 11.6 Å². The normalized spacial score (nSPS) is 12.3. The molecule has 0 bridgehead atoms. The zero-order valence-electron chi connectivity index (χ0n) is 13.2. The molecular formula is C18H18ClF3N2. The zero-order valence-corrected chi connectivity index (χ0v) is 14.0. The van der Waals surface area contributed by atoms with Gasteiger partial charge in [-0.25, -0.2) is 0 Å². The number of benzene rings is 2. The molecule has 1 N–H and O–H groups in total. The zero-order chi connectivity index (χ0) is 17.6. The molecule has 0 aliphatic heterocycles. The minimum absolute atomic E-state index is 0.399. The molecule has 0 aliphatic rings. The lowest BCUT2D eigenvalue weighted by Crippen LogP contribution is -2.16. The van der Waals surface area contributed by atoms with Gasteiger partial charge in [0.05, 0.1) is 5.56 Å². The van der Waals surface area contributed by atoms with Crippen molar-refractivity contribution in [3.63, 3.8) is 0 Å². The molecule has 0 amide bonds. The SMILES string of the molecule is CCCCN=C(Nc1ccc(Cl)cc1)c1cccc(C(F)(F)F)c1. The molecule has 128 valence electrons. The van der Waals surface area contributed by atoms with Crippen LogP contribution in [-0.4, -0.2) is 12.4 Å². The third-order valence-corrected chi connectivity index (χ3v) is 3.60. The molecule has 2 aromatic rings. The fourth-order valence-corrected chi connectivity index (χ4v) is 2.19. The number of rotatable bonds is 5. The van der Waals surface area contributed by atoms with Gasteiger partial charge in [0.15, 0.2) is 0 Å². The van der Waals surface area contributed by atoms with Crippen LogP contribution >= 0.6 is 11.6 Å². The van der Waals surface area contributed by atoms with Crippen LogP contribution in [0.4, 0.5) is 18.9 Å². The molecule has 0 aliphatic carbocycles. The van der Waals surface area contributed by atoms with Gasteiger partial charge in [0.1, 0.15) is 5.84 Å². The van der Waals surface area contributed by atoms with Crippen LogP contribution in [-0.2, 0) is 6.18 Å². The number of amidine groups is 1. The summed E-state index contributed by atoms with van der Waals surface area (Å²) in [6.07, 6.45) is -2.56. The summed E-state index contributed by atoms with van der Waals surface area (Å²) in [5.74, 6) is 0.414. The smallest absolute Gasteiger partial charge is 0.340 e. The van der Waals surface area contributed by atoms with E-state index in [1.54, 1.807) is 30.3 Å². The molecule has 6 heteroatoms. The first kappa shape index (κ1) is 18.3. The maximum atomic E-state index is 12.9. The summed E-state index contributed by atoms with van der Waals surface area (Å²) >= 11 is 5.86. The monoisotopic (exact) mass is 354 g/mol. The van der Waals surface area contributed by atoms with Gasteiger partial charge < -0.3 is 5.32 Å². The Balaban J connectivity index is 2.32. The topological polar surface area (TPSA) is 24.4 Å². The highest BCUT2D eigenvalue weighted by Gasteiger charge is 2.30. The van der Waals surface area contributed by atoms with Crippen LogP contribution in [0.25, 0.3) is 0 Å². The number of alkyl halides is 3. The molecule has 0 aromatic heterocycles. The minimum Gasteiger partial charge on any atom is -0.340 e. The van der Waals surface area contributed by atoms with E-state index in [0.29, 0.717) is 28.7 Å². The fraction of sp³-hybridized carbons (Fsp3) is 0.278. The van der Waals surface area contributed by atoms with Crippen molar-refractivity contribution < 1.29 is 13.2 Å². The molecular weight excluding hydrogens is 337 g/mol. The summed E-state index contributed by atoms with van der Waals surface area (Å²) in [6, 6.07) is 12.1. The summed E-state index contributed by atoms with van der Waals surface area (Å²) in [4.78, 5) is 4.43. The molecule has 24 heavy (non-hydrogen) atoms. The van der Waals surface area contributed by atoms with E-state index in [-0.39, 0.29) is 0 Å². The van der Waals surface area contributed by atoms with Crippen molar-refractivity contribution in [1.82, 2.24) is 0 Å². The first-order valence-electron chi connectivity index (χ1n) is 7.65. The highest BCUT2D eigenvalue weighted by molar-refractivity contribution is 6.30. The Labute approximate surface area is 144 Å². The predicted molar refractivity (Wildman–Crippen MR) is 92.8 cm³/mol. The van der Waals surface area contributed by atoms with Crippen LogP contribution in [0.3, 0.4) is 0 Å². The molecule has 0 fully saturated rings. The number of hydrogen-bond donors (Lipinski definition) is 1. The molecule has 2 aromatic carbocycles. The standard InChI is InChI=1S/C18H18ClF3N2/c1-2-3-11-23-17(24-16-9-7-15(19)8-10-16)13-5-4-6-14(12-13)18(20,21)22/h4-10,12H,2-3,11H2,1H3,(H,23,24). The van der Waals surface area contributed by atoms with E-state index < -0.39 is 11.7 Å². The van der Waals surface area contributed by atoms with Gasteiger partial charge in [-0.3, -0.25) is 4.99 Å².